The largest absolute Gasteiger partial charge is 0.380 e. The highest BCUT2D eigenvalue weighted by atomic mass is 35.5. The van der Waals surface area contributed by atoms with E-state index in [0.717, 1.165) is 43.2 Å². The van der Waals surface area contributed by atoms with Crippen LogP contribution in [0, 0.1) is 0 Å². The lowest BCUT2D eigenvalue weighted by Gasteiger charge is -2.28. The van der Waals surface area contributed by atoms with Crippen LogP contribution < -0.4 is 21.3 Å². The molecule has 0 saturated carbocycles. The third-order valence-electron chi connectivity index (χ3n) is 5.11. The summed E-state index contributed by atoms with van der Waals surface area (Å²) in [4.78, 5) is 18.5. The normalized spacial score (nSPS) is 13.6. The van der Waals surface area contributed by atoms with Gasteiger partial charge in [-0.3, -0.25) is 4.79 Å². The molecule has 0 radical (unpaired) electrons. The van der Waals surface area contributed by atoms with Gasteiger partial charge in [-0.15, -0.1) is 0 Å². The van der Waals surface area contributed by atoms with Crippen molar-refractivity contribution in [3.63, 3.8) is 0 Å². The van der Waals surface area contributed by atoms with E-state index in [9.17, 15) is 4.79 Å². The molecule has 2 aromatic carbocycles. The minimum absolute atomic E-state index is 0.320. The van der Waals surface area contributed by atoms with Crippen LogP contribution >= 0.6 is 11.6 Å². The van der Waals surface area contributed by atoms with Crippen molar-refractivity contribution in [1.29, 1.82) is 0 Å². The van der Waals surface area contributed by atoms with Crippen LogP contribution in [0.5, 0.6) is 0 Å². The Morgan fingerprint density at radius 1 is 1.13 bits per heavy atom. The Labute approximate surface area is 186 Å². The molecule has 2 heterocycles. The van der Waals surface area contributed by atoms with E-state index in [1.807, 2.05) is 36.4 Å². The molecule has 0 bridgehead atoms. The van der Waals surface area contributed by atoms with Gasteiger partial charge in [0.05, 0.1) is 24.5 Å². The van der Waals surface area contributed by atoms with E-state index in [-0.39, 0.29) is 0 Å². The van der Waals surface area contributed by atoms with E-state index >= 15 is 0 Å². The first kappa shape index (κ1) is 21.0. The predicted molar refractivity (Wildman–Crippen MR) is 124 cm³/mol. The van der Waals surface area contributed by atoms with Gasteiger partial charge in [0.25, 0.3) is 5.91 Å². The second-order valence-electron chi connectivity index (χ2n) is 7.20. The van der Waals surface area contributed by atoms with Gasteiger partial charge in [0, 0.05) is 48.3 Å². The summed E-state index contributed by atoms with van der Waals surface area (Å²) in [6, 6.07) is 17.5. The Balaban J connectivity index is 1.48. The van der Waals surface area contributed by atoms with Crippen molar-refractivity contribution in [1.82, 2.24) is 4.98 Å². The fourth-order valence-corrected chi connectivity index (χ4v) is 3.63. The number of hydrogen-bond donors (Lipinski definition) is 3. The molecule has 1 aromatic heterocycles. The Morgan fingerprint density at radius 2 is 1.87 bits per heavy atom. The molecule has 1 aliphatic heterocycles. The molecule has 1 aliphatic rings. The van der Waals surface area contributed by atoms with Crippen molar-refractivity contribution < 1.29 is 9.53 Å². The zero-order valence-corrected chi connectivity index (χ0v) is 17.7. The van der Waals surface area contributed by atoms with Gasteiger partial charge in [0.1, 0.15) is 5.82 Å². The monoisotopic (exact) mass is 437 g/mol. The van der Waals surface area contributed by atoms with Gasteiger partial charge in [-0.05, 0) is 35.9 Å². The van der Waals surface area contributed by atoms with Crippen LogP contribution in [0.4, 0.5) is 22.9 Å². The van der Waals surface area contributed by atoms with Crippen LogP contribution in [0.2, 0.25) is 5.02 Å². The van der Waals surface area contributed by atoms with Crippen LogP contribution in [-0.4, -0.2) is 37.2 Å². The molecule has 1 saturated heterocycles. The van der Waals surface area contributed by atoms with Crippen molar-refractivity contribution in [3.8, 4) is 0 Å². The first-order valence-electron chi connectivity index (χ1n) is 10.1. The molecule has 4 N–H and O–H groups in total. The van der Waals surface area contributed by atoms with Gasteiger partial charge in [-0.2, -0.15) is 0 Å². The van der Waals surface area contributed by atoms with Crippen LogP contribution in [0.1, 0.15) is 15.9 Å². The van der Waals surface area contributed by atoms with Crippen LogP contribution in [-0.2, 0) is 11.3 Å². The Hall–Kier alpha value is -3.29. The van der Waals surface area contributed by atoms with Crippen molar-refractivity contribution in [2.75, 3.05) is 41.8 Å². The lowest BCUT2D eigenvalue weighted by Crippen LogP contribution is -2.36. The van der Waals surface area contributed by atoms with Crippen LogP contribution in [0.3, 0.4) is 0 Å². The quantitative estimate of drug-likeness (QED) is 0.517. The molecule has 160 valence electrons. The summed E-state index contributed by atoms with van der Waals surface area (Å²) in [6.07, 6.45) is 1.47. The number of nitrogens with zero attached hydrogens (tertiary/aromatic N) is 2. The molecule has 3 aromatic rings. The number of hydrogen-bond acceptors (Lipinski definition) is 6. The SMILES string of the molecule is NC(=O)c1cnc(Nc2ccc(N3CCOCC3)cc2)cc1NCc1ccccc1Cl. The zero-order chi connectivity index (χ0) is 21.6. The van der Waals surface area contributed by atoms with E-state index in [4.69, 9.17) is 22.1 Å². The molecular weight excluding hydrogens is 414 g/mol. The number of amides is 1. The second-order valence-corrected chi connectivity index (χ2v) is 7.60. The highest BCUT2D eigenvalue weighted by molar-refractivity contribution is 6.31. The molecule has 31 heavy (non-hydrogen) atoms. The fourth-order valence-electron chi connectivity index (χ4n) is 3.42. The third-order valence-corrected chi connectivity index (χ3v) is 5.48. The van der Waals surface area contributed by atoms with E-state index in [1.54, 1.807) is 6.07 Å². The van der Waals surface area contributed by atoms with Gasteiger partial charge in [0.2, 0.25) is 0 Å². The maximum Gasteiger partial charge on any atom is 0.252 e. The molecule has 1 fully saturated rings. The number of morpholine rings is 1. The predicted octanol–water partition coefficient (Wildman–Crippen LogP) is 4.03. The Kier molecular flexibility index (Phi) is 6.54. The maximum absolute atomic E-state index is 11.8. The molecule has 0 unspecified atom stereocenters. The number of carbonyl (C=O) groups excluding carboxylic acids is 1. The summed E-state index contributed by atoms with van der Waals surface area (Å²) >= 11 is 6.23. The minimum atomic E-state index is -0.546. The highest BCUT2D eigenvalue weighted by Gasteiger charge is 2.13. The molecule has 1 amide bonds. The second kappa shape index (κ2) is 9.68. The molecule has 0 atom stereocenters. The topological polar surface area (TPSA) is 92.5 Å². The number of nitrogens with one attached hydrogen (secondary N) is 2. The van der Waals surface area contributed by atoms with E-state index in [1.165, 1.54) is 6.20 Å². The summed E-state index contributed by atoms with van der Waals surface area (Å²) in [5.74, 6) is 0.0568. The van der Waals surface area contributed by atoms with Gasteiger partial charge < -0.3 is 26.0 Å². The van der Waals surface area contributed by atoms with Crippen molar-refractivity contribution in [2.45, 2.75) is 6.54 Å². The minimum Gasteiger partial charge on any atom is -0.380 e. The molecular formula is C23H24ClN5O2. The zero-order valence-electron chi connectivity index (χ0n) is 17.0. The smallest absolute Gasteiger partial charge is 0.252 e. The van der Waals surface area contributed by atoms with Gasteiger partial charge in [0.15, 0.2) is 0 Å². The van der Waals surface area contributed by atoms with Crippen molar-refractivity contribution >= 4 is 40.4 Å². The summed E-state index contributed by atoms with van der Waals surface area (Å²) in [6.45, 7) is 3.74. The summed E-state index contributed by atoms with van der Waals surface area (Å²) < 4.78 is 5.41. The standard InChI is InChI=1S/C23H24ClN5O2/c24-20-4-2-1-3-16(20)14-26-21-13-22(27-15-19(21)23(25)30)28-17-5-7-18(8-6-17)29-9-11-31-12-10-29/h1-8,13,15H,9-12,14H2,(H2,25,30)(H2,26,27,28). The number of benzene rings is 2. The molecule has 8 heteroatoms. The first-order valence-corrected chi connectivity index (χ1v) is 10.4. The average molecular weight is 438 g/mol. The number of rotatable bonds is 7. The number of halogens is 1. The van der Waals surface area contributed by atoms with Crippen LogP contribution in [0.15, 0.2) is 60.8 Å². The molecule has 0 aliphatic carbocycles. The molecule has 7 nitrogen and oxygen atoms in total. The lowest BCUT2D eigenvalue weighted by atomic mass is 10.2. The van der Waals surface area contributed by atoms with Crippen molar-refractivity contribution in [2.24, 2.45) is 5.73 Å². The number of primary amides is 1. The molecule has 0 spiro atoms. The maximum atomic E-state index is 11.8. The third kappa shape index (κ3) is 5.25. The number of carbonyl (C=O) groups is 1. The summed E-state index contributed by atoms with van der Waals surface area (Å²) in [5, 5.41) is 7.18. The highest BCUT2D eigenvalue weighted by Crippen LogP contribution is 2.25. The Bertz CT molecular complexity index is 1050. The number of aromatic nitrogens is 1. The first-order chi connectivity index (χ1) is 15.1. The average Bonchev–Trinajstić information content (AvgIpc) is 2.79. The van der Waals surface area contributed by atoms with Gasteiger partial charge in [-0.25, -0.2) is 4.98 Å². The van der Waals surface area contributed by atoms with Gasteiger partial charge >= 0.3 is 0 Å². The fraction of sp³-hybridized carbons (Fsp3) is 0.217. The summed E-state index contributed by atoms with van der Waals surface area (Å²) in [7, 11) is 0. The van der Waals surface area contributed by atoms with E-state index in [0.29, 0.717) is 28.6 Å². The van der Waals surface area contributed by atoms with E-state index in [2.05, 4.69) is 32.7 Å². The van der Waals surface area contributed by atoms with E-state index < -0.39 is 5.91 Å². The van der Waals surface area contributed by atoms with Gasteiger partial charge in [-0.1, -0.05) is 29.8 Å². The summed E-state index contributed by atoms with van der Waals surface area (Å²) in [5.41, 5.74) is 9.41. The number of ether oxygens (including phenoxy) is 1. The lowest BCUT2D eigenvalue weighted by molar-refractivity contribution is 0.100. The van der Waals surface area contributed by atoms with Crippen LogP contribution in [0.25, 0.3) is 0 Å². The molecule has 4 rings (SSSR count). The number of anilines is 4. The number of nitrogens with two attached hydrogens (primary N) is 1. The number of pyridine rings is 1. The Morgan fingerprint density at radius 3 is 2.58 bits per heavy atom. The van der Waals surface area contributed by atoms with Crippen molar-refractivity contribution in [3.05, 3.63) is 76.9 Å².